The number of likely N-dealkylation sites (tertiary alicyclic amines) is 1. The Morgan fingerprint density at radius 2 is 1.55 bits per heavy atom. The van der Waals surface area contributed by atoms with Crippen molar-refractivity contribution in [2.45, 2.75) is 107 Å². The molecule has 1 aliphatic rings. The van der Waals surface area contributed by atoms with Gasteiger partial charge in [0, 0.05) is 47.0 Å². The maximum absolute atomic E-state index is 4.50. The molecule has 1 saturated heterocycles. The van der Waals surface area contributed by atoms with Gasteiger partial charge in [0.25, 0.3) is 0 Å². The molecular formula is C40H62N4. The molecule has 4 heteroatoms. The van der Waals surface area contributed by atoms with Gasteiger partial charge in [-0.3, -0.25) is 4.98 Å². The van der Waals surface area contributed by atoms with Gasteiger partial charge in [0.1, 0.15) is 0 Å². The molecule has 2 N–H and O–H groups in total. The Morgan fingerprint density at radius 1 is 0.932 bits per heavy atom. The highest BCUT2D eigenvalue weighted by Gasteiger charge is 2.35. The van der Waals surface area contributed by atoms with Crippen molar-refractivity contribution in [2.24, 2.45) is 11.8 Å². The minimum absolute atomic E-state index is 0.186. The lowest BCUT2D eigenvalue weighted by molar-refractivity contribution is 0.285. The molecular weight excluding hydrogens is 536 g/mol. The van der Waals surface area contributed by atoms with Crippen molar-refractivity contribution in [3.05, 3.63) is 114 Å². The third-order valence-electron chi connectivity index (χ3n) is 7.89. The Bertz CT molecular complexity index is 1300. The van der Waals surface area contributed by atoms with Crippen LogP contribution in [0.1, 0.15) is 98.5 Å². The first-order valence-electron chi connectivity index (χ1n) is 16.7. The van der Waals surface area contributed by atoms with Crippen LogP contribution in [0.5, 0.6) is 0 Å². The fraction of sp³-hybridized carbons (Fsp3) is 0.475. The maximum Gasteiger partial charge on any atom is 0.0683 e. The molecule has 0 bridgehead atoms. The van der Waals surface area contributed by atoms with Gasteiger partial charge in [-0.2, -0.15) is 0 Å². The number of rotatable bonds is 10. The predicted octanol–water partition coefficient (Wildman–Crippen LogP) is 10.4. The topological polar surface area (TPSA) is 40.2 Å². The Hall–Kier alpha value is -3.53. The molecule has 44 heavy (non-hydrogen) atoms. The molecule has 3 aromatic rings. The Labute approximate surface area is 270 Å². The smallest absolute Gasteiger partial charge is 0.0683 e. The number of hydrogen-bond acceptors (Lipinski definition) is 4. The SMILES string of the molecule is C=C(C)NC(C(=C)N1C[C@H](C)CC1C(=C)NC(C)c1ccccc1CC)C(C)C.CC.CC.Cc1nccc2ccccc12. The average molecular weight is 599 g/mol. The number of allylic oxidation sites excluding steroid dienone is 1. The zero-order valence-corrected chi connectivity index (χ0v) is 29.8. The number of hydrogen-bond donors (Lipinski definition) is 2. The third kappa shape index (κ3) is 10.9. The second-order valence-electron chi connectivity index (χ2n) is 11.7. The summed E-state index contributed by atoms with van der Waals surface area (Å²) in [5, 5.41) is 9.75. The van der Waals surface area contributed by atoms with E-state index in [0.717, 1.165) is 42.2 Å². The van der Waals surface area contributed by atoms with E-state index in [1.807, 2.05) is 65.9 Å². The van der Waals surface area contributed by atoms with Gasteiger partial charge in [0.2, 0.25) is 0 Å². The Morgan fingerprint density at radius 3 is 2.14 bits per heavy atom. The van der Waals surface area contributed by atoms with Gasteiger partial charge >= 0.3 is 0 Å². The van der Waals surface area contributed by atoms with Crippen molar-refractivity contribution in [1.29, 1.82) is 0 Å². The molecule has 2 aromatic carbocycles. The van der Waals surface area contributed by atoms with Crippen molar-refractivity contribution in [2.75, 3.05) is 6.54 Å². The van der Waals surface area contributed by atoms with Crippen molar-refractivity contribution in [1.82, 2.24) is 20.5 Å². The van der Waals surface area contributed by atoms with Crippen molar-refractivity contribution >= 4 is 10.8 Å². The second-order valence-corrected chi connectivity index (χ2v) is 11.7. The van der Waals surface area contributed by atoms with Crippen LogP contribution in [0.3, 0.4) is 0 Å². The van der Waals surface area contributed by atoms with E-state index < -0.39 is 0 Å². The highest BCUT2D eigenvalue weighted by Crippen LogP contribution is 2.33. The fourth-order valence-electron chi connectivity index (χ4n) is 5.77. The quantitative estimate of drug-likeness (QED) is 0.244. The number of benzene rings is 2. The summed E-state index contributed by atoms with van der Waals surface area (Å²) in [6.45, 7) is 37.3. The van der Waals surface area contributed by atoms with Gasteiger partial charge in [0.15, 0.2) is 0 Å². The normalized spacial score (nSPS) is 16.7. The van der Waals surface area contributed by atoms with Gasteiger partial charge in [-0.25, -0.2) is 0 Å². The van der Waals surface area contributed by atoms with E-state index in [1.165, 1.54) is 21.9 Å². The lowest BCUT2D eigenvalue weighted by Crippen LogP contribution is -2.44. The van der Waals surface area contributed by atoms with Crippen LogP contribution in [0.4, 0.5) is 0 Å². The molecule has 2 heterocycles. The van der Waals surface area contributed by atoms with Crippen molar-refractivity contribution in [3.63, 3.8) is 0 Å². The minimum Gasteiger partial charge on any atom is -0.381 e. The molecule has 3 unspecified atom stereocenters. The third-order valence-corrected chi connectivity index (χ3v) is 7.89. The van der Waals surface area contributed by atoms with E-state index in [1.54, 1.807) is 0 Å². The zero-order chi connectivity index (χ0) is 33.4. The summed E-state index contributed by atoms with van der Waals surface area (Å²) in [6, 6.07) is 19.7. The molecule has 0 saturated carbocycles. The summed E-state index contributed by atoms with van der Waals surface area (Å²) in [7, 11) is 0. The molecule has 1 aliphatic heterocycles. The number of aromatic nitrogens is 1. The molecule has 0 spiro atoms. The molecule has 4 nitrogen and oxygen atoms in total. The highest BCUT2D eigenvalue weighted by atomic mass is 15.2. The summed E-state index contributed by atoms with van der Waals surface area (Å²) in [6.07, 6.45) is 3.99. The minimum atomic E-state index is 0.186. The maximum atomic E-state index is 4.50. The van der Waals surface area contributed by atoms with Crippen LogP contribution < -0.4 is 10.6 Å². The Kier molecular flexibility index (Phi) is 17.2. The number of nitrogens with zero attached hydrogens (tertiary/aromatic N) is 2. The molecule has 0 amide bonds. The van der Waals surface area contributed by atoms with E-state index in [9.17, 15) is 0 Å². The zero-order valence-electron chi connectivity index (χ0n) is 29.8. The van der Waals surface area contributed by atoms with Gasteiger partial charge in [-0.05, 0) is 68.0 Å². The fourth-order valence-corrected chi connectivity index (χ4v) is 5.77. The monoisotopic (exact) mass is 598 g/mol. The summed E-state index contributed by atoms with van der Waals surface area (Å²) in [5.41, 5.74) is 7.07. The number of fused-ring (bicyclic) bond motifs is 1. The molecule has 0 radical (unpaired) electrons. The van der Waals surface area contributed by atoms with E-state index in [4.69, 9.17) is 0 Å². The standard InChI is InChI=1S/C26H41N3.C10H9N.2C2H6/c1-10-23-13-11-12-14-24(23)20(7)28-21(8)25-15-19(6)16-29(25)22(9)26(17(2)3)27-18(4)5;1-8-10-5-3-2-4-9(10)6-7-11-8;2*1-2/h11-14,17,19-20,25-28H,4,8-10,15-16H2,1-3,5-7H3;2-7H,1H3;2*1-2H3/t19-,20?,25?,26?;;;/m1.../s1. The van der Waals surface area contributed by atoms with Crippen LogP contribution in [-0.4, -0.2) is 28.5 Å². The van der Waals surface area contributed by atoms with E-state index in [0.29, 0.717) is 11.8 Å². The van der Waals surface area contributed by atoms with E-state index in [2.05, 4.69) is 111 Å². The van der Waals surface area contributed by atoms with E-state index >= 15 is 0 Å². The molecule has 1 aromatic heterocycles. The number of pyridine rings is 1. The highest BCUT2D eigenvalue weighted by molar-refractivity contribution is 5.83. The number of aryl methyl sites for hydroxylation is 2. The lowest BCUT2D eigenvalue weighted by atomic mass is 9.97. The van der Waals surface area contributed by atoms with Crippen LogP contribution in [0.2, 0.25) is 0 Å². The summed E-state index contributed by atoms with van der Waals surface area (Å²) >= 11 is 0. The number of nitrogens with one attached hydrogen (secondary N) is 2. The van der Waals surface area contributed by atoms with Gasteiger partial charge in [-0.15, -0.1) is 0 Å². The molecule has 242 valence electrons. The molecule has 4 rings (SSSR count). The second kappa shape index (κ2) is 19.7. The molecule has 4 atom stereocenters. The summed E-state index contributed by atoms with van der Waals surface area (Å²) < 4.78 is 0. The van der Waals surface area contributed by atoms with E-state index in [-0.39, 0.29) is 18.1 Å². The van der Waals surface area contributed by atoms with Gasteiger partial charge < -0.3 is 15.5 Å². The van der Waals surface area contributed by atoms with Crippen LogP contribution in [0.25, 0.3) is 10.8 Å². The first-order valence-corrected chi connectivity index (χ1v) is 16.7. The van der Waals surface area contributed by atoms with Crippen LogP contribution >= 0.6 is 0 Å². The first-order chi connectivity index (χ1) is 21.0. The Balaban J connectivity index is 0.000000530. The van der Waals surface area contributed by atoms with Crippen LogP contribution in [0, 0.1) is 18.8 Å². The molecule has 0 aliphatic carbocycles. The largest absolute Gasteiger partial charge is 0.381 e. The van der Waals surface area contributed by atoms with Crippen molar-refractivity contribution in [3.8, 4) is 0 Å². The van der Waals surface area contributed by atoms with Crippen molar-refractivity contribution < 1.29 is 0 Å². The first kappa shape index (κ1) is 38.5. The van der Waals surface area contributed by atoms with Crippen LogP contribution in [-0.2, 0) is 6.42 Å². The summed E-state index contributed by atoms with van der Waals surface area (Å²) in [5.74, 6) is 1.05. The average Bonchev–Trinajstić information content (AvgIpc) is 3.43. The van der Waals surface area contributed by atoms with Gasteiger partial charge in [0.05, 0.1) is 12.1 Å². The van der Waals surface area contributed by atoms with Gasteiger partial charge in [-0.1, -0.05) is 124 Å². The predicted molar refractivity (Wildman–Crippen MR) is 196 cm³/mol. The molecule has 1 fully saturated rings. The van der Waals surface area contributed by atoms with Crippen LogP contribution in [0.15, 0.2) is 97.6 Å². The lowest BCUT2D eigenvalue weighted by Gasteiger charge is -2.37. The summed E-state index contributed by atoms with van der Waals surface area (Å²) in [4.78, 5) is 6.66.